The summed E-state index contributed by atoms with van der Waals surface area (Å²) in [6.07, 6.45) is 3.14. The number of hydrogen-bond donors (Lipinski definition) is 1. The predicted octanol–water partition coefficient (Wildman–Crippen LogP) is 3.46. The number of rotatable bonds is 4. The Balaban J connectivity index is 1.55. The number of nitrogens with zero attached hydrogens (tertiary/aromatic N) is 4. The molecule has 0 unspecified atom stereocenters. The lowest BCUT2D eigenvalue weighted by Gasteiger charge is -2.34. The molecule has 1 N–H and O–H groups in total. The highest BCUT2D eigenvalue weighted by atomic mass is 35.5. The minimum absolute atomic E-state index is 0.00842. The van der Waals surface area contributed by atoms with Gasteiger partial charge in [0.1, 0.15) is 29.9 Å². The third kappa shape index (κ3) is 3.89. The van der Waals surface area contributed by atoms with Crippen LogP contribution >= 0.6 is 23.2 Å². The highest BCUT2D eigenvalue weighted by molar-refractivity contribution is 6.35. The molecule has 0 amide bonds. The van der Waals surface area contributed by atoms with Crippen LogP contribution in [0.2, 0.25) is 10.0 Å². The minimum atomic E-state index is -0.518. The fraction of sp³-hybridized carbons (Fsp3) is 0.474. The molecule has 2 atom stereocenters. The van der Waals surface area contributed by atoms with Gasteiger partial charge in [0.2, 0.25) is 0 Å². The lowest BCUT2D eigenvalue weighted by molar-refractivity contribution is 0.0394. The molecule has 28 heavy (non-hydrogen) atoms. The molecule has 2 aromatic rings. The summed E-state index contributed by atoms with van der Waals surface area (Å²) in [5.74, 6) is 1.06. The highest BCUT2D eigenvalue weighted by Crippen LogP contribution is 2.34. The zero-order valence-corrected chi connectivity index (χ0v) is 16.7. The predicted molar refractivity (Wildman–Crippen MR) is 107 cm³/mol. The second-order valence-electron chi connectivity index (χ2n) is 7.00. The van der Waals surface area contributed by atoms with E-state index in [1.165, 1.54) is 18.5 Å². The van der Waals surface area contributed by atoms with Gasteiger partial charge in [-0.2, -0.15) is 0 Å². The lowest BCUT2D eigenvalue weighted by atomic mass is 10.1. The highest BCUT2D eigenvalue weighted by Gasteiger charge is 2.28. The van der Waals surface area contributed by atoms with Crippen molar-refractivity contribution in [3.05, 3.63) is 46.0 Å². The number of aliphatic hydroxyl groups excluding tert-OH is 1. The molecule has 9 heteroatoms. The Labute approximate surface area is 172 Å². The SMILES string of the molecule is OC[C@@H]1CCCN1c1cc(N2CCO[C@@H](c3cc(F)c(Cl)cc3Cl)C2)ncn1. The Bertz CT molecular complexity index is 857. The monoisotopic (exact) mass is 426 g/mol. The van der Waals surface area contributed by atoms with Crippen LogP contribution in [-0.4, -0.2) is 54.0 Å². The van der Waals surface area contributed by atoms with E-state index in [2.05, 4.69) is 19.8 Å². The summed E-state index contributed by atoms with van der Waals surface area (Å²) in [5, 5.41) is 9.95. The molecule has 0 saturated carbocycles. The van der Waals surface area contributed by atoms with Gasteiger partial charge in [0.15, 0.2) is 0 Å². The number of benzene rings is 1. The largest absolute Gasteiger partial charge is 0.394 e. The van der Waals surface area contributed by atoms with Crippen LogP contribution in [0, 0.1) is 5.82 Å². The van der Waals surface area contributed by atoms with Gasteiger partial charge in [0.05, 0.1) is 24.3 Å². The number of hydrogen-bond acceptors (Lipinski definition) is 6. The molecule has 0 bridgehead atoms. The van der Waals surface area contributed by atoms with Gasteiger partial charge in [-0.05, 0) is 25.0 Å². The fourth-order valence-corrected chi connectivity index (χ4v) is 4.33. The standard InChI is InChI=1S/C19H21Cl2FN4O2/c20-14-7-15(21)16(22)6-13(14)17-9-25(4-5-28-17)18-8-19(24-11-23-18)26-3-1-2-12(26)10-27/h6-8,11-12,17,27H,1-5,9-10H2/t12-,17+/m0/s1. The van der Waals surface area contributed by atoms with Gasteiger partial charge in [0, 0.05) is 36.3 Å². The molecular formula is C19H21Cl2FN4O2. The van der Waals surface area contributed by atoms with Gasteiger partial charge < -0.3 is 19.6 Å². The summed E-state index contributed by atoms with van der Waals surface area (Å²) in [6, 6.07) is 4.76. The normalized spacial score (nSPS) is 22.7. The zero-order chi connectivity index (χ0) is 19.7. The molecule has 4 rings (SSSR count). The lowest BCUT2D eigenvalue weighted by Crippen LogP contribution is -2.39. The van der Waals surface area contributed by atoms with E-state index in [9.17, 15) is 9.50 Å². The molecule has 0 radical (unpaired) electrons. The van der Waals surface area contributed by atoms with Crippen LogP contribution in [0.3, 0.4) is 0 Å². The van der Waals surface area contributed by atoms with Crippen molar-refractivity contribution >= 4 is 34.8 Å². The Morgan fingerprint density at radius 1 is 1.14 bits per heavy atom. The van der Waals surface area contributed by atoms with Crippen molar-refractivity contribution in [2.24, 2.45) is 0 Å². The minimum Gasteiger partial charge on any atom is -0.394 e. The van der Waals surface area contributed by atoms with Crippen LogP contribution in [0.5, 0.6) is 0 Å². The van der Waals surface area contributed by atoms with E-state index in [0.717, 1.165) is 31.0 Å². The molecule has 2 saturated heterocycles. The summed E-state index contributed by atoms with van der Waals surface area (Å²) < 4.78 is 19.8. The summed E-state index contributed by atoms with van der Waals surface area (Å²) in [7, 11) is 0. The maximum absolute atomic E-state index is 13.9. The topological polar surface area (TPSA) is 61.7 Å². The summed E-state index contributed by atoms with van der Waals surface area (Å²) in [5.41, 5.74) is 0.572. The number of halogens is 3. The van der Waals surface area contributed by atoms with Crippen molar-refractivity contribution in [3.63, 3.8) is 0 Å². The van der Waals surface area contributed by atoms with Crippen molar-refractivity contribution < 1.29 is 14.2 Å². The molecule has 0 spiro atoms. The summed E-state index contributed by atoms with van der Waals surface area (Å²) >= 11 is 12.1. The van der Waals surface area contributed by atoms with E-state index in [1.54, 1.807) is 0 Å². The average molecular weight is 427 g/mol. The fourth-order valence-electron chi connectivity index (χ4n) is 3.82. The van der Waals surface area contributed by atoms with E-state index in [-0.39, 0.29) is 23.8 Å². The first-order valence-electron chi connectivity index (χ1n) is 9.27. The smallest absolute Gasteiger partial charge is 0.142 e. The quantitative estimate of drug-likeness (QED) is 0.755. The molecule has 3 heterocycles. The number of aromatic nitrogens is 2. The molecule has 150 valence electrons. The van der Waals surface area contributed by atoms with E-state index in [1.807, 2.05) is 6.07 Å². The van der Waals surface area contributed by atoms with Crippen molar-refractivity contribution in [2.75, 3.05) is 42.6 Å². The van der Waals surface area contributed by atoms with Crippen molar-refractivity contribution in [1.29, 1.82) is 0 Å². The van der Waals surface area contributed by atoms with E-state index < -0.39 is 5.82 Å². The number of morpholine rings is 1. The zero-order valence-electron chi connectivity index (χ0n) is 15.2. The number of ether oxygens (including phenoxy) is 1. The maximum Gasteiger partial charge on any atom is 0.142 e. The van der Waals surface area contributed by atoms with Crippen LogP contribution < -0.4 is 9.80 Å². The third-order valence-electron chi connectivity index (χ3n) is 5.30. The molecule has 1 aromatic heterocycles. The van der Waals surface area contributed by atoms with Crippen LogP contribution in [0.4, 0.5) is 16.0 Å². The summed E-state index contributed by atoms with van der Waals surface area (Å²) in [4.78, 5) is 13.0. The van der Waals surface area contributed by atoms with Gasteiger partial charge in [-0.25, -0.2) is 14.4 Å². The third-order valence-corrected chi connectivity index (χ3v) is 5.91. The molecule has 2 fully saturated rings. The van der Waals surface area contributed by atoms with Gasteiger partial charge in [-0.3, -0.25) is 0 Å². The molecule has 2 aliphatic heterocycles. The number of aliphatic hydroxyl groups is 1. The second-order valence-corrected chi connectivity index (χ2v) is 7.81. The van der Waals surface area contributed by atoms with Crippen molar-refractivity contribution in [3.8, 4) is 0 Å². The molecule has 6 nitrogen and oxygen atoms in total. The number of anilines is 2. The van der Waals surface area contributed by atoms with Gasteiger partial charge in [-0.1, -0.05) is 23.2 Å². The van der Waals surface area contributed by atoms with Gasteiger partial charge in [0.25, 0.3) is 0 Å². The molecule has 1 aromatic carbocycles. The van der Waals surface area contributed by atoms with Crippen LogP contribution in [0.1, 0.15) is 24.5 Å². The first-order valence-corrected chi connectivity index (χ1v) is 10.0. The van der Waals surface area contributed by atoms with Crippen molar-refractivity contribution in [1.82, 2.24) is 9.97 Å². The Morgan fingerprint density at radius 3 is 2.79 bits per heavy atom. The Morgan fingerprint density at radius 2 is 1.96 bits per heavy atom. The first-order chi connectivity index (χ1) is 13.6. The van der Waals surface area contributed by atoms with Crippen LogP contribution in [0.15, 0.2) is 24.5 Å². The van der Waals surface area contributed by atoms with Gasteiger partial charge in [-0.15, -0.1) is 0 Å². The van der Waals surface area contributed by atoms with E-state index in [4.69, 9.17) is 27.9 Å². The molecule has 2 aliphatic rings. The Kier molecular flexibility index (Phi) is 5.87. The van der Waals surface area contributed by atoms with Crippen LogP contribution in [-0.2, 0) is 4.74 Å². The van der Waals surface area contributed by atoms with Gasteiger partial charge >= 0.3 is 0 Å². The maximum atomic E-state index is 13.9. The van der Waals surface area contributed by atoms with E-state index >= 15 is 0 Å². The first kappa shape index (κ1) is 19.6. The van der Waals surface area contributed by atoms with Crippen LogP contribution in [0.25, 0.3) is 0 Å². The average Bonchev–Trinajstić information content (AvgIpc) is 3.20. The van der Waals surface area contributed by atoms with Crippen molar-refractivity contribution in [2.45, 2.75) is 25.0 Å². The molecular weight excluding hydrogens is 406 g/mol. The second kappa shape index (κ2) is 8.37. The Hall–Kier alpha value is -1.67. The molecule has 0 aliphatic carbocycles. The van der Waals surface area contributed by atoms with E-state index in [0.29, 0.717) is 30.3 Å². The summed E-state index contributed by atoms with van der Waals surface area (Å²) in [6.45, 7) is 2.59.